The molecule has 0 saturated heterocycles. The van der Waals surface area contributed by atoms with Crippen molar-refractivity contribution in [3.63, 3.8) is 0 Å². The third-order valence-corrected chi connectivity index (χ3v) is 2.08. The fourth-order valence-corrected chi connectivity index (χ4v) is 1.18. The molecule has 0 heterocycles. The molecule has 0 aliphatic rings. The minimum atomic E-state index is -0.758. The zero-order valence-corrected chi connectivity index (χ0v) is 12.4. The van der Waals surface area contributed by atoms with Crippen molar-refractivity contribution < 1.29 is 44.6 Å². The summed E-state index contributed by atoms with van der Waals surface area (Å²) >= 11 is 0. The largest absolute Gasteiger partial charge is 1.00 e. The zero-order valence-electron chi connectivity index (χ0n) is 10.4. The van der Waals surface area contributed by atoms with E-state index in [0.717, 1.165) is 25.7 Å². The fourth-order valence-electron chi connectivity index (χ4n) is 1.18. The summed E-state index contributed by atoms with van der Waals surface area (Å²) in [4.78, 5) is 14.1. The summed E-state index contributed by atoms with van der Waals surface area (Å²) in [5, 5.41) is 19.5. The molecule has 5 heteroatoms. The minimum absolute atomic E-state index is 0. The molecule has 88 valence electrons. The second-order valence-electron chi connectivity index (χ2n) is 3.58. The molecule has 0 fully saturated rings. The standard InChI is InChI=1S/C11H21NO3.Na/c1-2-3-7-10(13)12-9-6-4-5-8-11(14)15;/h2-9H2,1H3,(H,12,13)(H,14,15);/q;+1/p-1. The van der Waals surface area contributed by atoms with Gasteiger partial charge in [0.15, 0.2) is 0 Å². The van der Waals surface area contributed by atoms with Crippen molar-refractivity contribution in [2.45, 2.75) is 51.9 Å². The fraction of sp³-hybridized carbons (Fsp3) is 0.818. The Balaban J connectivity index is 0. The van der Waals surface area contributed by atoms with E-state index >= 15 is 0 Å². The monoisotopic (exact) mass is 237 g/mol. The first-order valence-corrected chi connectivity index (χ1v) is 5.59. The molecule has 0 aliphatic heterocycles. The molecule has 0 unspecified atom stereocenters. The molecule has 0 atom stereocenters. The SMILES string of the molecule is CCCCC([O-])=NCCCCCC(=O)O.[Na+]. The van der Waals surface area contributed by atoms with Gasteiger partial charge in [-0.3, -0.25) is 4.79 Å². The molecule has 0 bridgehead atoms. The number of rotatable bonds is 9. The third kappa shape index (κ3) is 13.9. The summed E-state index contributed by atoms with van der Waals surface area (Å²) in [7, 11) is 0. The second kappa shape index (κ2) is 13.0. The average Bonchev–Trinajstić information content (AvgIpc) is 2.19. The van der Waals surface area contributed by atoms with E-state index < -0.39 is 5.97 Å². The Morgan fingerprint density at radius 2 is 1.88 bits per heavy atom. The molecular formula is C11H20NNaO3. The molecule has 4 nitrogen and oxygen atoms in total. The molecular weight excluding hydrogens is 217 g/mol. The van der Waals surface area contributed by atoms with Gasteiger partial charge < -0.3 is 15.2 Å². The van der Waals surface area contributed by atoms with Gasteiger partial charge in [0.25, 0.3) is 0 Å². The number of carbonyl (C=O) groups is 1. The van der Waals surface area contributed by atoms with Crippen LogP contribution in [0.15, 0.2) is 4.99 Å². The van der Waals surface area contributed by atoms with Crippen LogP contribution in [-0.4, -0.2) is 23.5 Å². The number of aliphatic carboxylic acids is 1. The van der Waals surface area contributed by atoms with Crippen LogP contribution in [0.5, 0.6) is 0 Å². The molecule has 16 heavy (non-hydrogen) atoms. The van der Waals surface area contributed by atoms with Gasteiger partial charge in [0.05, 0.1) is 0 Å². The van der Waals surface area contributed by atoms with Crippen LogP contribution in [0.2, 0.25) is 0 Å². The van der Waals surface area contributed by atoms with Crippen molar-refractivity contribution in [3.05, 3.63) is 0 Å². The predicted molar refractivity (Wildman–Crippen MR) is 57.9 cm³/mol. The van der Waals surface area contributed by atoms with Gasteiger partial charge in [-0.25, -0.2) is 0 Å². The van der Waals surface area contributed by atoms with Gasteiger partial charge in [-0.2, -0.15) is 0 Å². The first-order valence-electron chi connectivity index (χ1n) is 5.59. The van der Waals surface area contributed by atoms with E-state index in [1.165, 1.54) is 0 Å². The average molecular weight is 237 g/mol. The van der Waals surface area contributed by atoms with Crippen LogP contribution in [0.1, 0.15) is 51.9 Å². The summed E-state index contributed by atoms with van der Waals surface area (Å²) in [6.07, 6.45) is 4.99. The Kier molecular flexibility index (Phi) is 14.9. The Morgan fingerprint density at radius 1 is 1.19 bits per heavy atom. The van der Waals surface area contributed by atoms with E-state index in [1.807, 2.05) is 6.92 Å². The summed E-state index contributed by atoms with van der Waals surface area (Å²) in [5.74, 6) is -0.777. The summed E-state index contributed by atoms with van der Waals surface area (Å²) in [6.45, 7) is 2.58. The number of carboxylic acids is 1. The number of unbranched alkanes of at least 4 members (excludes halogenated alkanes) is 3. The van der Waals surface area contributed by atoms with Gasteiger partial charge in [0, 0.05) is 13.0 Å². The van der Waals surface area contributed by atoms with Gasteiger partial charge in [-0.1, -0.05) is 19.8 Å². The van der Waals surface area contributed by atoms with Crippen LogP contribution >= 0.6 is 0 Å². The van der Waals surface area contributed by atoms with E-state index in [-0.39, 0.29) is 41.9 Å². The Bertz CT molecular complexity index is 207. The molecule has 0 aliphatic carbocycles. The van der Waals surface area contributed by atoms with Crippen molar-refractivity contribution in [2.75, 3.05) is 6.54 Å². The third-order valence-electron chi connectivity index (χ3n) is 2.08. The van der Waals surface area contributed by atoms with Gasteiger partial charge >= 0.3 is 35.5 Å². The number of aliphatic imine (C=N–C) groups is 1. The van der Waals surface area contributed by atoms with Crippen LogP contribution in [0.4, 0.5) is 0 Å². The van der Waals surface area contributed by atoms with E-state index in [2.05, 4.69) is 4.99 Å². The topological polar surface area (TPSA) is 72.7 Å². The molecule has 0 aromatic carbocycles. The molecule has 0 radical (unpaired) electrons. The normalized spacial score (nSPS) is 10.9. The number of hydrogen-bond acceptors (Lipinski definition) is 3. The van der Waals surface area contributed by atoms with Gasteiger partial charge in [0.2, 0.25) is 0 Å². The maximum absolute atomic E-state index is 11.1. The van der Waals surface area contributed by atoms with Gasteiger partial charge in [-0.05, 0) is 31.6 Å². The van der Waals surface area contributed by atoms with E-state index in [1.54, 1.807) is 0 Å². The summed E-state index contributed by atoms with van der Waals surface area (Å²) in [5.41, 5.74) is 0. The molecule has 1 N–H and O–H groups in total. The first-order chi connectivity index (χ1) is 7.16. The quantitative estimate of drug-likeness (QED) is 0.232. The van der Waals surface area contributed by atoms with Crippen molar-refractivity contribution in [3.8, 4) is 0 Å². The molecule has 0 aromatic heterocycles. The molecule has 0 saturated carbocycles. The van der Waals surface area contributed by atoms with Gasteiger partial charge in [-0.15, -0.1) is 0 Å². The summed E-state index contributed by atoms with van der Waals surface area (Å²) in [6, 6.07) is 0. The maximum Gasteiger partial charge on any atom is 1.00 e. The second-order valence-corrected chi connectivity index (χ2v) is 3.58. The van der Waals surface area contributed by atoms with E-state index in [4.69, 9.17) is 5.11 Å². The van der Waals surface area contributed by atoms with E-state index in [0.29, 0.717) is 19.4 Å². The first kappa shape index (κ1) is 18.3. The smallest absolute Gasteiger partial charge is 0.862 e. The number of carboxylic acid groups (broad SMARTS) is 1. The van der Waals surface area contributed by atoms with Gasteiger partial charge in [0.1, 0.15) is 0 Å². The summed E-state index contributed by atoms with van der Waals surface area (Å²) < 4.78 is 0. The Labute approximate surface area is 119 Å². The number of hydrogen-bond donors (Lipinski definition) is 1. The van der Waals surface area contributed by atoms with Crippen molar-refractivity contribution in [2.24, 2.45) is 4.99 Å². The Hall–Kier alpha value is -0.0600. The molecule has 0 rings (SSSR count). The van der Waals surface area contributed by atoms with Crippen LogP contribution < -0.4 is 34.7 Å². The van der Waals surface area contributed by atoms with E-state index in [9.17, 15) is 9.90 Å². The number of nitrogens with zero attached hydrogens (tertiary/aromatic N) is 1. The molecule has 0 spiro atoms. The van der Waals surface area contributed by atoms with Crippen molar-refractivity contribution >= 4 is 11.9 Å². The van der Waals surface area contributed by atoms with Crippen LogP contribution in [0.25, 0.3) is 0 Å². The Morgan fingerprint density at radius 3 is 2.44 bits per heavy atom. The van der Waals surface area contributed by atoms with Crippen molar-refractivity contribution in [1.82, 2.24) is 0 Å². The van der Waals surface area contributed by atoms with Crippen molar-refractivity contribution in [1.29, 1.82) is 0 Å². The molecule has 0 aromatic rings. The minimum Gasteiger partial charge on any atom is -0.862 e. The molecule has 0 amide bonds. The van der Waals surface area contributed by atoms with Crippen LogP contribution in [0.3, 0.4) is 0 Å². The maximum atomic E-state index is 11.1. The van der Waals surface area contributed by atoms with Crippen LogP contribution in [-0.2, 0) is 4.79 Å². The van der Waals surface area contributed by atoms with Crippen LogP contribution in [0, 0.1) is 0 Å². The predicted octanol–water partition coefficient (Wildman–Crippen LogP) is -1.42. The zero-order chi connectivity index (χ0) is 11.5.